The van der Waals surface area contributed by atoms with E-state index < -0.39 is 5.97 Å². The normalized spacial score (nSPS) is 10.9. The van der Waals surface area contributed by atoms with Gasteiger partial charge in [0.2, 0.25) is 0 Å². The number of H-pyrrole nitrogens is 2. The number of hydrogen-bond acceptors (Lipinski definition) is 2. The molecule has 0 radical (unpaired) electrons. The molecule has 3 N–H and O–H groups in total. The molecule has 1 aromatic heterocycles. The minimum atomic E-state index is -0.794. The lowest BCUT2D eigenvalue weighted by molar-refractivity contribution is -0.137. The van der Waals surface area contributed by atoms with E-state index in [1.807, 2.05) is 12.1 Å². The Kier molecular flexibility index (Phi) is 3.33. The molecule has 0 aliphatic heterocycles. The zero-order chi connectivity index (χ0) is 12.4. The van der Waals surface area contributed by atoms with E-state index in [0.29, 0.717) is 12.8 Å². The molecule has 1 aromatic carbocycles. The van der Waals surface area contributed by atoms with Gasteiger partial charge in [0.1, 0.15) is 0 Å². The molecule has 0 aliphatic rings. The summed E-state index contributed by atoms with van der Waals surface area (Å²) in [6.07, 6.45) is 1.39. The number of nitrogens with one attached hydrogen (secondary N) is 2. The van der Waals surface area contributed by atoms with E-state index >= 15 is 0 Å². The van der Waals surface area contributed by atoms with Crippen molar-refractivity contribution >= 4 is 32.9 Å². The van der Waals surface area contributed by atoms with Gasteiger partial charge in [0, 0.05) is 10.9 Å². The second kappa shape index (κ2) is 4.75. The van der Waals surface area contributed by atoms with Crippen molar-refractivity contribution in [1.29, 1.82) is 0 Å². The van der Waals surface area contributed by atoms with Crippen molar-refractivity contribution in [1.82, 2.24) is 9.97 Å². The average Bonchev–Trinajstić information content (AvgIpc) is 2.57. The first-order chi connectivity index (χ1) is 8.06. The van der Waals surface area contributed by atoms with Gasteiger partial charge < -0.3 is 15.1 Å². The van der Waals surface area contributed by atoms with Gasteiger partial charge in [-0.25, -0.2) is 4.79 Å². The van der Waals surface area contributed by atoms with Gasteiger partial charge in [-0.1, -0.05) is 15.9 Å². The third-order valence-electron chi connectivity index (χ3n) is 2.52. The summed E-state index contributed by atoms with van der Waals surface area (Å²) in [4.78, 5) is 26.9. The largest absolute Gasteiger partial charge is 0.481 e. The maximum Gasteiger partial charge on any atom is 0.323 e. The third-order valence-corrected chi connectivity index (χ3v) is 3.26. The van der Waals surface area contributed by atoms with Gasteiger partial charge in [-0.2, -0.15) is 0 Å². The third kappa shape index (κ3) is 2.76. The average molecular weight is 299 g/mol. The number of fused-ring (bicyclic) bond motifs is 1. The predicted octanol–water partition coefficient (Wildman–Crippen LogP) is 2.03. The monoisotopic (exact) mass is 298 g/mol. The van der Waals surface area contributed by atoms with Crippen molar-refractivity contribution in [3.63, 3.8) is 0 Å². The van der Waals surface area contributed by atoms with Crippen LogP contribution in [0.4, 0.5) is 0 Å². The summed E-state index contributed by atoms with van der Waals surface area (Å²) in [6, 6.07) is 3.68. The van der Waals surface area contributed by atoms with Crippen molar-refractivity contribution in [3.05, 3.63) is 32.7 Å². The Morgan fingerprint density at radius 2 is 1.94 bits per heavy atom. The number of carboxylic acid groups (broad SMARTS) is 1. The fraction of sp³-hybridized carbons (Fsp3) is 0.273. The molecule has 90 valence electrons. The number of aromatic nitrogens is 2. The molecular weight excluding hydrogens is 288 g/mol. The molecule has 2 aromatic rings. The molecule has 0 saturated heterocycles. The van der Waals surface area contributed by atoms with Crippen LogP contribution in [0, 0.1) is 0 Å². The summed E-state index contributed by atoms with van der Waals surface area (Å²) in [5, 5.41) is 8.57. The van der Waals surface area contributed by atoms with Gasteiger partial charge in [-0.05, 0) is 30.5 Å². The Morgan fingerprint density at radius 1 is 1.29 bits per heavy atom. The van der Waals surface area contributed by atoms with Gasteiger partial charge in [0.05, 0.1) is 11.0 Å². The number of aliphatic carboxylic acids is 1. The summed E-state index contributed by atoms with van der Waals surface area (Å²) in [6.45, 7) is 0. The molecule has 17 heavy (non-hydrogen) atoms. The van der Waals surface area contributed by atoms with Gasteiger partial charge in [0.25, 0.3) is 0 Å². The molecule has 0 amide bonds. The maximum atomic E-state index is 11.1. The van der Waals surface area contributed by atoms with E-state index in [4.69, 9.17) is 5.11 Å². The zero-order valence-corrected chi connectivity index (χ0v) is 10.5. The lowest BCUT2D eigenvalue weighted by atomic mass is 10.1. The van der Waals surface area contributed by atoms with E-state index in [-0.39, 0.29) is 12.1 Å². The molecule has 0 bridgehead atoms. The van der Waals surface area contributed by atoms with Crippen LogP contribution < -0.4 is 5.69 Å². The molecule has 0 fully saturated rings. The molecule has 2 rings (SSSR count). The van der Waals surface area contributed by atoms with E-state index in [1.54, 1.807) is 0 Å². The van der Waals surface area contributed by atoms with Crippen LogP contribution in [0.5, 0.6) is 0 Å². The molecule has 0 atom stereocenters. The minimum absolute atomic E-state index is 0.147. The van der Waals surface area contributed by atoms with Crippen LogP contribution in [-0.2, 0) is 11.2 Å². The molecule has 6 heteroatoms. The van der Waals surface area contributed by atoms with Crippen LogP contribution in [0.15, 0.2) is 21.4 Å². The highest BCUT2D eigenvalue weighted by Crippen LogP contribution is 2.23. The first-order valence-electron chi connectivity index (χ1n) is 5.18. The quantitative estimate of drug-likeness (QED) is 0.807. The van der Waals surface area contributed by atoms with Crippen LogP contribution in [0.2, 0.25) is 0 Å². The Labute approximate surface area is 105 Å². The lowest BCUT2D eigenvalue weighted by Gasteiger charge is -2.03. The highest BCUT2D eigenvalue weighted by atomic mass is 79.9. The Balaban J connectivity index is 2.24. The van der Waals surface area contributed by atoms with Crippen LogP contribution in [0.25, 0.3) is 11.0 Å². The van der Waals surface area contributed by atoms with Gasteiger partial charge in [-0.3, -0.25) is 4.79 Å². The highest BCUT2D eigenvalue weighted by molar-refractivity contribution is 9.10. The first-order valence-corrected chi connectivity index (χ1v) is 5.98. The molecule has 0 unspecified atom stereocenters. The first kappa shape index (κ1) is 11.9. The van der Waals surface area contributed by atoms with Crippen LogP contribution >= 0.6 is 15.9 Å². The Hall–Kier alpha value is -1.56. The zero-order valence-electron chi connectivity index (χ0n) is 8.92. The molecule has 5 nitrogen and oxygen atoms in total. The van der Waals surface area contributed by atoms with E-state index in [2.05, 4.69) is 25.9 Å². The predicted molar refractivity (Wildman–Crippen MR) is 67.2 cm³/mol. The van der Waals surface area contributed by atoms with Crippen LogP contribution in [0.3, 0.4) is 0 Å². The minimum Gasteiger partial charge on any atom is -0.481 e. The van der Waals surface area contributed by atoms with Crippen molar-refractivity contribution in [2.24, 2.45) is 0 Å². The summed E-state index contributed by atoms with van der Waals surface area (Å²) in [5.41, 5.74) is 2.23. The number of carboxylic acids is 1. The molecule has 0 aliphatic carbocycles. The number of carbonyl (C=O) groups is 1. The summed E-state index contributed by atoms with van der Waals surface area (Å²) in [5.74, 6) is -0.794. The van der Waals surface area contributed by atoms with Crippen LogP contribution in [-0.4, -0.2) is 21.0 Å². The summed E-state index contributed by atoms with van der Waals surface area (Å²) in [7, 11) is 0. The summed E-state index contributed by atoms with van der Waals surface area (Å²) < 4.78 is 0.880. The van der Waals surface area contributed by atoms with E-state index in [1.165, 1.54) is 0 Å². The number of aromatic amines is 2. The molecule has 1 heterocycles. The van der Waals surface area contributed by atoms with E-state index in [0.717, 1.165) is 21.1 Å². The van der Waals surface area contributed by atoms with Crippen molar-refractivity contribution < 1.29 is 9.90 Å². The van der Waals surface area contributed by atoms with Crippen LogP contribution in [0.1, 0.15) is 18.4 Å². The fourth-order valence-corrected chi connectivity index (χ4v) is 2.26. The maximum absolute atomic E-state index is 11.1. The highest BCUT2D eigenvalue weighted by Gasteiger charge is 2.06. The Morgan fingerprint density at radius 3 is 2.59 bits per heavy atom. The van der Waals surface area contributed by atoms with Crippen molar-refractivity contribution in [3.8, 4) is 0 Å². The number of imidazole rings is 1. The van der Waals surface area contributed by atoms with Crippen molar-refractivity contribution in [2.45, 2.75) is 19.3 Å². The van der Waals surface area contributed by atoms with Gasteiger partial charge in [-0.15, -0.1) is 0 Å². The number of hydrogen-bond donors (Lipinski definition) is 3. The SMILES string of the molecule is O=C(O)CCCc1cc2[nH]c(=O)[nH]c2cc1Br. The van der Waals surface area contributed by atoms with Gasteiger partial charge >= 0.3 is 11.7 Å². The molecular formula is C11H11BrN2O3. The number of benzene rings is 1. The molecule has 0 saturated carbocycles. The second-order valence-corrected chi connectivity index (χ2v) is 4.67. The van der Waals surface area contributed by atoms with Crippen molar-refractivity contribution in [2.75, 3.05) is 0 Å². The topological polar surface area (TPSA) is 85.9 Å². The number of aryl methyl sites for hydroxylation is 1. The second-order valence-electron chi connectivity index (χ2n) is 3.82. The van der Waals surface area contributed by atoms with E-state index in [9.17, 15) is 9.59 Å². The number of halogens is 1. The molecule has 0 spiro atoms. The smallest absolute Gasteiger partial charge is 0.323 e. The standard InChI is InChI=1S/C11H11BrN2O3/c12-7-5-9-8(13-11(17)14-9)4-6(7)2-1-3-10(15)16/h4-5H,1-3H2,(H,15,16)(H2,13,14,17). The number of rotatable bonds is 4. The lowest BCUT2D eigenvalue weighted by Crippen LogP contribution is -1.99. The van der Waals surface area contributed by atoms with Gasteiger partial charge in [0.15, 0.2) is 0 Å². The Bertz CT molecular complexity index is 615. The summed E-state index contributed by atoms with van der Waals surface area (Å²) >= 11 is 3.41. The fourth-order valence-electron chi connectivity index (χ4n) is 1.72.